The van der Waals surface area contributed by atoms with E-state index in [-0.39, 0.29) is 57.0 Å². The SMILES string of the molecule is CC/C=C\C=C/C(=O)N(/C=C/CC1C[C@@H](O[Si](C)(C)C(C)(C)C)[C@@H](C)C/C=C/Cc2cccc(O[Si](C)(C)C(C)(C)C)c2C(=O)O1)C(=O)N/C=C/C[C@H]1C[C@@H](O[Si](C)(C)C(C)(C)C)[C@@H](C)C/C=C/Cc2cccc(O[Si](C)(C)C(C)(C)C)c2C(=O)O1. The number of rotatable bonds is 17. The Morgan fingerprint density at radius 3 is 1.38 bits per heavy atom. The Morgan fingerprint density at radius 1 is 0.581 bits per heavy atom. The van der Waals surface area contributed by atoms with Gasteiger partial charge in [0, 0.05) is 44.2 Å². The summed E-state index contributed by atoms with van der Waals surface area (Å²) in [7, 11) is -9.44. The molecule has 3 amide bonds. The Morgan fingerprint density at radius 2 is 0.988 bits per heavy atom. The number of urea groups is 1. The van der Waals surface area contributed by atoms with Crippen molar-refractivity contribution >= 4 is 57.1 Å². The molecule has 0 spiro atoms. The summed E-state index contributed by atoms with van der Waals surface area (Å²) in [6.45, 7) is 50.4. The molecule has 0 fully saturated rings. The number of allylic oxidation sites excluding steroid dienone is 7. The fourth-order valence-electron chi connectivity index (χ4n) is 8.97. The van der Waals surface area contributed by atoms with Gasteiger partial charge in [-0.25, -0.2) is 19.3 Å². The lowest BCUT2D eigenvalue weighted by atomic mass is 9.93. The highest BCUT2D eigenvalue weighted by molar-refractivity contribution is 6.75. The van der Waals surface area contributed by atoms with Crippen LogP contribution in [0.1, 0.15) is 181 Å². The Labute approximate surface area is 524 Å². The zero-order valence-corrected chi connectivity index (χ0v) is 61.3. The zero-order chi connectivity index (χ0) is 64.9. The van der Waals surface area contributed by atoms with Crippen LogP contribution in [0.4, 0.5) is 4.79 Å². The van der Waals surface area contributed by atoms with Crippen molar-refractivity contribution in [2.75, 3.05) is 0 Å². The van der Waals surface area contributed by atoms with Crippen molar-refractivity contribution < 1.29 is 46.4 Å². The van der Waals surface area contributed by atoms with E-state index in [1.54, 1.807) is 24.3 Å². The molecule has 2 aliphatic rings. The van der Waals surface area contributed by atoms with Crippen LogP contribution in [0.15, 0.2) is 110 Å². The van der Waals surface area contributed by atoms with Gasteiger partial charge in [-0.2, -0.15) is 0 Å². The summed E-state index contributed by atoms with van der Waals surface area (Å²) in [6.07, 6.45) is 24.4. The number of ether oxygens (including phenoxy) is 2. The van der Waals surface area contributed by atoms with Crippen LogP contribution in [0.2, 0.25) is 72.5 Å². The molecule has 4 rings (SSSR count). The molecule has 6 atom stereocenters. The van der Waals surface area contributed by atoms with E-state index >= 15 is 0 Å². The maximum absolute atomic E-state index is 14.9. The van der Waals surface area contributed by atoms with Gasteiger partial charge in [-0.05, 0) is 140 Å². The first-order valence-electron chi connectivity index (χ1n) is 31.6. The van der Waals surface area contributed by atoms with Crippen LogP contribution >= 0.6 is 0 Å². The molecular weight excluding hydrogens is 1140 g/mol. The van der Waals surface area contributed by atoms with Crippen molar-refractivity contribution in [3.05, 3.63) is 132 Å². The minimum atomic E-state index is -2.41. The number of carbonyl (C=O) groups is 4. The average molecular weight is 1250 g/mol. The van der Waals surface area contributed by atoms with Crippen LogP contribution in [-0.4, -0.2) is 86.5 Å². The van der Waals surface area contributed by atoms with Gasteiger partial charge in [0.25, 0.3) is 22.5 Å². The van der Waals surface area contributed by atoms with Crippen LogP contribution < -0.4 is 14.2 Å². The topological polar surface area (TPSA) is 139 Å². The summed E-state index contributed by atoms with van der Waals surface area (Å²) in [5, 5.41) is 2.45. The fraction of sp³-hybridized carbons (Fsp3) is 0.600. The van der Waals surface area contributed by atoms with Crippen molar-refractivity contribution in [1.29, 1.82) is 0 Å². The quantitative estimate of drug-likeness (QED) is 0.0535. The monoisotopic (exact) mass is 1250 g/mol. The summed E-state index contributed by atoms with van der Waals surface area (Å²) < 4.78 is 41.4. The van der Waals surface area contributed by atoms with Crippen molar-refractivity contribution in [1.82, 2.24) is 10.2 Å². The minimum absolute atomic E-state index is 0.0673. The summed E-state index contributed by atoms with van der Waals surface area (Å²) in [5.74, 6) is -0.349. The maximum Gasteiger partial charge on any atom is 0.342 e. The molecule has 2 heterocycles. The zero-order valence-electron chi connectivity index (χ0n) is 57.3. The van der Waals surface area contributed by atoms with E-state index in [1.807, 2.05) is 49.4 Å². The van der Waals surface area contributed by atoms with Crippen molar-refractivity contribution in [2.45, 2.75) is 259 Å². The first-order chi connectivity index (χ1) is 39.6. The highest BCUT2D eigenvalue weighted by atomic mass is 28.4. The van der Waals surface area contributed by atoms with Crippen LogP contribution in [-0.2, 0) is 36.0 Å². The molecule has 0 aromatic heterocycles. The Hall–Kier alpha value is -4.85. The minimum Gasteiger partial charge on any atom is -0.543 e. The number of nitrogens with zero attached hydrogens (tertiary/aromatic N) is 1. The molecule has 16 heteroatoms. The van der Waals surface area contributed by atoms with Crippen molar-refractivity contribution in [3.8, 4) is 11.5 Å². The Kier molecular flexibility index (Phi) is 26.2. The number of benzene rings is 2. The number of hydrogen-bond donors (Lipinski definition) is 1. The van der Waals surface area contributed by atoms with Gasteiger partial charge >= 0.3 is 18.0 Å². The molecule has 478 valence electrons. The van der Waals surface area contributed by atoms with Gasteiger partial charge in [0.2, 0.25) is 0 Å². The molecule has 2 aromatic rings. The molecule has 0 saturated carbocycles. The number of imide groups is 1. The molecule has 0 radical (unpaired) electrons. The fourth-order valence-corrected chi connectivity index (χ4v) is 13.9. The van der Waals surface area contributed by atoms with E-state index in [9.17, 15) is 19.2 Å². The third-order valence-electron chi connectivity index (χ3n) is 18.9. The number of esters is 2. The lowest BCUT2D eigenvalue weighted by molar-refractivity contribution is -0.121. The normalized spacial score (nSPS) is 22.2. The lowest BCUT2D eigenvalue weighted by Crippen LogP contribution is -2.46. The Balaban J connectivity index is 1.77. The van der Waals surface area contributed by atoms with E-state index in [0.29, 0.717) is 48.3 Å². The third-order valence-corrected chi connectivity index (χ3v) is 36.6. The number of hydrogen-bond acceptors (Lipinski definition) is 10. The van der Waals surface area contributed by atoms with Gasteiger partial charge < -0.3 is 32.5 Å². The van der Waals surface area contributed by atoms with Gasteiger partial charge in [-0.1, -0.05) is 183 Å². The molecule has 2 aromatic carbocycles. The second-order valence-corrected chi connectivity index (χ2v) is 49.0. The van der Waals surface area contributed by atoms with Crippen molar-refractivity contribution in [3.63, 3.8) is 0 Å². The van der Waals surface area contributed by atoms with Crippen LogP contribution in [0.3, 0.4) is 0 Å². The van der Waals surface area contributed by atoms with Gasteiger partial charge in [-0.3, -0.25) is 4.79 Å². The molecule has 86 heavy (non-hydrogen) atoms. The predicted molar refractivity (Wildman–Crippen MR) is 365 cm³/mol. The summed E-state index contributed by atoms with van der Waals surface area (Å²) in [6, 6.07) is 10.8. The molecule has 12 nitrogen and oxygen atoms in total. The number of amides is 3. The second-order valence-electron chi connectivity index (χ2n) is 30.1. The molecule has 0 bridgehead atoms. The van der Waals surface area contributed by atoms with Crippen molar-refractivity contribution in [2.24, 2.45) is 11.8 Å². The van der Waals surface area contributed by atoms with E-state index in [0.717, 1.165) is 35.3 Å². The number of fused-ring (bicyclic) bond motifs is 2. The molecule has 1 unspecified atom stereocenters. The first-order valence-corrected chi connectivity index (χ1v) is 43.2. The van der Waals surface area contributed by atoms with E-state index in [1.165, 1.54) is 18.5 Å². The predicted octanol–water partition coefficient (Wildman–Crippen LogP) is 18.9. The summed E-state index contributed by atoms with van der Waals surface area (Å²) >= 11 is 0. The van der Waals surface area contributed by atoms with Gasteiger partial charge in [-0.15, -0.1) is 0 Å². The molecular formula is C70H112N2O10Si4. The molecule has 0 aliphatic carbocycles. The number of cyclic esters (lactones) is 2. The third kappa shape index (κ3) is 20.9. The smallest absolute Gasteiger partial charge is 0.342 e. The van der Waals surface area contributed by atoms with E-state index in [2.05, 4.69) is 179 Å². The standard InChI is InChI=1S/C70H112N2O10Si4/c1-24-25-26-27-46-61(73)72(48-35-43-56-50-60(82-86(22,23)70(13,14)15)52(3)37-29-31-39-54-41-33-45-58(63(54)65(75)78-56)80-84(18,19)68(7,8)9)66(76)71-47-34-42-55-49-59(81-85(20,21)69(10,11)12)51(2)36-28-30-38-53-40-32-44-57(62(53)64(74)77-55)79-83(16,17)67(4,5)6/h25-35,40-41,44-48,51-52,55-56,59-60H,24,36-39,42-43,49-50H2,1-23H3,(H,71,76)/b26-25-,30-28+,31-29+,46-27-,47-34+,48-35+/t51-,52-,55-,56?,59+,60+/m0/s1. The summed E-state index contributed by atoms with van der Waals surface area (Å²) in [4.78, 5) is 59.3. The van der Waals surface area contributed by atoms with Gasteiger partial charge in [0.15, 0.2) is 16.6 Å². The second kappa shape index (κ2) is 30.6. The first kappa shape index (κ1) is 73.6. The van der Waals surface area contributed by atoms with Crippen LogP contribution in [0.25, 0.3) is 0 Å². The van der Waals surface area contributed by atoms with Crippen LogP contribution in [0, 0.1) is 11.8 Å². The summed E-state index contributed by atoms with van der Waals surface area (Å²) in [5.41, 5.74) is 2.46. The number of nitrogens with one attached hydrogen (secondary N) is 1. The molecule has 0 saturated heterocycles. The highest BCUT2D eigenvalue weighted by Gasteiger charge is 2.45. The molecule has 1 N–H and O–H groups in total. The maximum atomic E-state index is 14.9. The number of carbonyl (C=O) groups excluding carboxylic acids is 4. The molecule has 2 aliphatic heterocycles. The van der Waals surface area contributed by atoms with E-state index < -0.39 is 69.4 Å². The van der Waals surface area contributed by atoms with Crippen LogP contribution in [0.5, 0.6) is 11.5 Å². The van der Waals surface area contributed by atoms with Gasteiger partial charge in [0.1, 0.15) is 34.8 Å². The largest absolute Gasteiger partial charge is 0.543 e. The van der Waals surface area contributed by atoms with Gasteiger partial charge in [0.05, 0.1) is 12.2 Å². The van der Waals surface area contributed by atoms with E-state index in [4.69, 9.17) is 27.2 Å². The highest BCUT2D eigenvalue weighted by Crippen LogP contribution is 2.44. The average Bonchev–Trinajstić information content (AvgIpc) is 2.22. The Bertz CT molecular complexity index is 2800. The lowest BCUT2D eigenvalue weighted by Gasteiger charge is -2.41.